The Hall–Kier alpha value is -1.56. The molecule has 1 aromatic carbocycles. The predicted molar refractivity (Wildman–Crippen MR) is 62.1 cm³/mol. The Labute approximate surface area is 109 Å². The van der Waals surface area contributed by atoms with Crippen molar-refractivity contribution in [2.24, 2.45) is 0 Å². The summed E-state index contributed by atoms with van der Waals surface area (Å²) in [6.07, 6.45) is -6.31. The number of nitrogens with zero attached hydrogens (tertiary/aromatic N) is 1. The lowest BCUT2D eigenvalue weighted by Crippen LogP contribution is -2.46. The highest BCUT2D eigenvalue weighted by atomic mass is 19.4. The van der Waals surface area contributed by atoms with Crippen molar-refractivity contribution < 1.29 is 22.7 Å². The van der Waals surface area contributed by atoms with E-state index in [0.29, 0.717) is 0 Å². The van der Waals surface area contributed by atoms with Crippen LogP contribution in [-0.4, -0.2) is 29.3 Å². The summed E-state index contributed by atoms with van der Waals surface area (Å²) < 4.78 is 43.1. The minimum atomic E-state index is -4.88. The fourth-order valence-corrected chi connectivity index (χ4v) is 2.36. The Morgan fingerprint density at radius 1 is 1.21 bits per heavy atom. The summed E-state index contributed by atoms with van der Waals surface area (Å²) in [6.45, 7) is 3.01. The van der Waals surface area contributed by atoms with E-state index < -0.39 is 30.5 Å². The SMILES string of the molecule is C[C@@H]1O[C@H](c2ccccc2)[C@@H](C)N1C(=O)C(F)(F)F. The molecule has 2 rings (SSSR count). The highest BCUT2D eigenvalue weighted by Gasteiger charge is 2.50. The number of benzene rings is 1. The summed E-state index contributed by atoms with van der Waals surface area (Å²) in [5.74, 6) is -1.86. The van der Waals surface area contributed by atoms with Crippen molar-refractivity contribution in [3.8, 4) is 0 Å². The van der Waals surface area contributed by atoms with Crippen molar-refractivity contribution in [1.82, 2.24) is 4.90 Å². The average molecular weight is 273 g/mol. The molecule has 1 aliphatic rings. The van der Waals surface area contributed by atoms with Crippen molar-refractivity contribution in [2.45, 2.75) is 38.4 Å². The number of carbonyl (C=O) groups is 1. The predicted octanol–water partition coefficient (Wildman–Crippen LogP) is 2.88. The maximum Gasteiger partial charge on any atom is 0.471 e. The van der Waals surface area contributed by atoms with Gasteiger partial charge in [-0.05, 0) is 19.4 Å². The first-order valence-corrected chi connectivity index (χ1v) is 5.92. The molecule has 0 unspecified atom stereocenters. The molecule has 1 heterocycles. The van der Waals surface area contributed by atoms with Gasteiger partial charge < -0.3 is 9.64 Å². The van der Waals surface area contributed by atoms with Gasteiger partial charge in [-0.2, -0.15) is 13.2 Å². The number of carbonyl (C=O) groups excluding carboxylic acids is 1. The number of ether oxygens (including phenoxy) is 1. The van der Waals surface area contributed by atoms with Crippen molar-refractivity contribution in [1.29, 1.82) is 0 Å². The molecule has 0 bridgehead atoms. The Balaban J connectivity index is 2.24. The Morgan fingerprint density at radius 2 is 1.79 bits per heavy atom. The standard InChI is InChI=1S/C13H14F3NO2/c1-8-11(10-6-4-3-5-7-10)19-9(2)17(8)12(18)13(14,15)16/h3-9,11H,1-2H3/t8-,9+,11+/m1/s1. The fourth-order valence-electron chi connectivity index (χ4n) is 2.36. The molecule has 19 heavy (non-hydrogen) atoms. The van der Waals surface area contributed by atoms with E-state index in [1.165, 1.54) is 6.92 Å². The van der Waals surface area contributed by atoms with Gasteiger partial charge in [0.25, 0.3) is 0 Å². The third-order valence-electron chi connectivity index (χ3n) is 3.22. The molecule has 1 aromatic rings. The monoisotopic (exact) mass is 273 g/mol. The quantitative estimate of drug-likeness (QED) is 0.787. The summed E-state index contributed by atoms with van der Waals surface area (Å²) in [5, 5.41) is 0. The van der Waals surface area contributed by atoms with Crippen molar-refractivity contribution >= 4 is 5.91 Å². The first-order valence-electron chi connectivity index (χ1n) is 5.92. The number of hydrogen-bond donors (Lipinski definition) is 0. The van der Waals surface area contributed by atoms with Crippen LogP contribution in [0.3, 0.4) is 0 Å². The van der Waals surface area contributed by atoms with E-state index in [1.807, 2.05) is 6.07 Å². The van der Waals surface area contributed by atoms with Crippen LogP contribution in [0.5, 0.6) is 0 Å². The van der Waals surface area contributed by atoms with Gasteiger partial charge in [0.1, 0.15) is 12.3 Å². The summed E-state index contributed by atoms with van der Waals surface area (Å²) in [6, 6.07) is 8.26. The number of alkyl halides is 3. The molecule has 0 spiro atoms. The molecular weight excluding hydrogens is 259 g/mol. The first kappa shape index (κ1) is 13.9. The van der Waals surface area contributed by atoms with Crippen LogP contribution in [0.25, 0.3) is 0 Å². The molecule has 1 saturated heterocycles. The second-order valence-electron chi connectivity index (χ2n) is 4.52. The molecule has 1 fully saturated rings. The largest absolute Gasteiger partial charge is 0.471 e. The van der Waals surface area contributed by atoms with E-state index in [9.17, 15) is 18.0 Å². The van der Waals surface area contributed by atoms with Gasteiger partial charge in [-0.15, -0.1) is 0 Å². The maximum atomic E-state index is 12.5. The Bertz CT molecular complexity index is 461. The van der Waals surface area contributed by atoms with Gasteiger partial charge in [-0.1, -0.05) is 30.3 Å². The molecule has 0 N–H and O–H groups in total. The summed E-state index contributed by atoms with van der Waals surface area (Å²) in [4.78, 5) is 12.1. The second kappa shape index (κ2) is 4.85. The highest BCUT2D eigenvalue weighted by molar-refractivity contribution is 5.82. The molecule has 3 nitrogen and oxygen atoms in total. The van der Waals surface area contributed by atoms with Crippen molar-refractivity contribution in [2.75, 3.05) is 0 Å². The summed E-state index contributed by atoms with van der Waals surface area (Å²) >= 11 is 0. The lowest BCUT2D eigenvalue weighted by molar-refractivity contribution is -0.190. The molecule has 0 aromatic heterocycles. The zero-order valence-corrected chi connectivity index (χ0v) is 10.5. The van der Waals surface area contributed by atoms with E-state index in [2.05, 4.69) is 0 Å². The molecule has 3 atom stereocenters. The number of amides is 1. The molecule has 0 aliphatic carbocycles. The third-order valence-corrected chi connectivity index (χ3v) is 3.22. The topological polar surface area (TPSA) is 29.5 Å². The summed E-state index contributed by atoms with van der Waals surface area (Å²) in [7, 11) is 0. The maximum absolute atomic E-state index is 12.5. The van der Waals surface area contributed by atoms with E-state index in [4.69, 9.17) is 4.74 Å². The van der Waals surface area contributed by atoms with Crippen molar-refractivity contribution in [3.63, 3.8) is 0 Å². The number of rotatable bonds is 1. The third kappa shape index (κ3) is 2.58. The van der Waals surface area contributed by atoms with E-state index in [1.54, 1.807) is 31.2 Å². The normalized spacial score (nSPS) is 27.6. The van der Waals surface area contributed by atoms with Gasteiger partial charge in [-0.3, -0.25) is 4.79 Å². The van der Waals surface area contributed by atoms with Crippen LogP contribution in [0.1, 0.15) is 25.5 Å². The van der Waals surface area contributed by atoms with Crippen LogP contribution in [-0.2, 0) is 9.53 Å². The van der Waals surface area contributed by atoms with Crippen LogP contribution in [0.4, 0.5) is 13.2 Å². The molecule has 0 radical (unpaired) electrons. The average Bonchev–Trinajstić information content (AvgIpc) is 2.64. The first-order chi connectivity index (χ1) is 8.82. The smallest absolute Gasteiger partial charge is 0.349 e. The lowest BCUT2D eigenvalue weighted by Gasteiger charge is -2.25. The van der Waals surface area contributed by atoms with Gasteiger partial charge in [0.2, 0.25) is 0 Å². The van der Waals surface area contributed by atoms with Gasteiger partial charge >= 0.3 is 12.1 Å². The number of halogens is 3. The van der Waals surface area contributed by atoms with Crippen LogP contribution in [0, 0.1) is 0 Å². The Kier molecular flexibility index (Phi) is 3.54. The lowest BCUT2D eigenvalue weighted by atomic mass is 10.0. The zero-order valence-electron chi connectivity index (χ0n) is 10.5. The second-order valence-corrected chi connectivity index (χ2v) is 4.52. The Morgan fingerprint density at radius 3 is 2.32 bits per heavy atom. The van der Waals surface area contributed by atoms with Crippen molar-refractivity contribution in [3.05, 3.63) is 35.9 Å². The molecule has 1 amide bonds. The van der Waals surface area contributed by atoms with E-state index in [-0.39, 0.29) is 0 Å². The molecular formula is C13H14F3NO2. The van der Waals surface area contributed by atoms with E-state index in [0.717, 1.165) is 10.5 Å². The van der Waals surface area contributed by atoms with Gasteiger partial charge in [0.05, 0.1) is 6.04 Å². The van der Waals surface area contributed by atoms with Crippen LogP contribution < -0.4 is 0 Å². The molecule has 104 valence electrons. The highest BCUT2D eigenvalue weighted by Crippen LogP contribution is 2.36. The van der Waals surface area contributed by atoms with Crippen LogP contribution in [0.15, 0.2) is 30.3 Å². The minimum Gasteiger partial charge on any atom is -0.349 e. The van der Waals surface area contributed by atoms with Gasteiger partial charge in [0, 0.05) is 0 Å². The van der Waals surface area contributed by atoms with Gasteiger partial charge in [-0.25, -0.2) is 0 Å². The fraction of sp³-hybridized carbons (Fsp3) is 0.462. The molecule has 0 saturated carbocycles. The summed E-state index contributed by atoms with van der Waals surface area (Å²) in [5.41, 5.74) is 0.763. The van der Waals surface area contributed by atoms with Crippen LogP contribution in [0.2, 0.25) is 0 Å². The van der Waals surface area contributed by atoms with E-state index >= 15 is 0 Å². The minimum absolute atomic E-state index is 0.539. The molecule has 6 heteroatoms. The van der Waals surface area contributed by atoms with Crippen LogP contribution >= 0.6 is 0 Å². The molecule has 1 aliphatic heterocycles. The number of hydrogen-bond acceptors (Lipinski definition) is 2. The zero-order chi connectivity index (χ0) is 14.2. The van der Waals surface area contributed by atoms with Gasteiger partial charge in [0.15, 0.2) is 0 Å².